The maximum Gasteiger partial charge on any atom is 0.220 e. The molecule has 0 aromatic heterocycles. The Labute approximate surface area is 350 Å². The summed E-state index contributed by atoms with van der Waals surface area (Å²) >= 11 is 0. The van der Waals surface area contributed by atoms with E-state index in [0.29, 0.717) is 6.42 Å². The molecule has 9 heteroatoms. The minimum absolute atomic E-state index is 0.173. The van der Waals surface area contributed by atoms with Crippen molar-refractivity contribution in [2.24, 2.45) is 0 Å². The summed E-state index contributed by atoms with van der Waals surface area (Å²) in [6.45, 7) is 3.79. The molecule has 0 aromatic rings. The van der Waals surface area contributed by atoms with Crippen LogP contribution in [0.25, 0.3) is 0 Å². The van der Waals surface area contributed by atoms with Crippen molar-refractivity contribution >= 4 is 5.91 Å². The number of nitrogens with one attached hydrogen (secondary N) is 1. The smallest absolute Gasteiger partial charge is 0.220 e. The lowest BCUT2D eigenvalue weighted by Gasteiger charge is -2.40. The average Bonchev–Trinajstić information content (AvgIpc) is 3.21. The minimum Gasteiger partial charge on any atom is -0.394 e. The Bertz CT molecular complexity index is 904. The largest absolute Gasteiger partial charge is 0.394 e. The summed E-state index contributed by atoms with van der Waals surface area (Å²) in [6, 6.07) is -0.798. The zero-order valence-electron chi connectivity index (χ0n) is 37.1. The Morgan fingerprint density at radius 2 is 0.965 bits per heavy atom. The summed E-state index contributed by atoms with van der Waals surface area (Å²) in [6.07, 6.45) is 38.2. The molecule has 0 bridgehead atoms. The molecule has 0 radical (unpaired) electrons. The van der Waals surface area contributed by atoms with Crippen LogP contribution in [-0.2, 0) is 14.3 Å². The predicted molar refractivity (Wildman–Crippen MR) is 235 cm³/mol. The van der Waals surface area contributed by atoms with E-state index < -0.39 is 49.5 Å². The third-order valence-corrected chi connectivity index (χ3v) is 11.9. The van der Waals surface area contributed by atoms with E-state index in [-0.39, 0.29) is 12.5 Å². The molecule has 1 amide bonds. The lowest BCUT2D eigenvalue weighted by molar-refractivity contribution is -0.302. The van der Waals surface area contributed by atoms with Gasteiger partial charge in [0.05, 0.1) is 25.4 Å². The van der Waals surface area contributed by atoms with E-state index in [0.717, 1.165) is 38.5 Å². The van der Waals surface area contributed by atoms with Crippen LogP contribution in [0.5, 0.6) is 0 Å². The SMILES string of the molecule is CCCCCCCCCCCCCCC/C=C/[C@@H](O)[C@H](CO[C@@H]1O[C@H](CO)[C@@H](O)C(O)C1O)NC(=O)CCCCCCCCCCCCCCCCCCCCC. The number of carbonyl (C=O) groups is 1. The molecular formula is C48H93NO8. The topological polar surface area (TPSA) is 149 Å². The number of aliphatic hydroxyl groups excluding tert-OH is 5. The lowest BCUT2D eigenvalue weighted by Crippen LogP contribution is -2.60. The van der Waals surface area contributed by atoms with Crippen LogP contribution in [0.1, 0.15) is 232 Å². The van der Waals surface area contributed by atoms with Crippen molar-refractivity contribution < 1.29 is 39.8 Å². The second kappa shape index (κ2) is 39.1. The quantitative estimate of drug-likeness (QED) is 0.0264. The number of allylic oxidation sites excluding steroid dienone is 1. The molecule has 1 aliphatic heterocycles. The van der Waals surface area contributed by atoms with E-state index in [1.807, 2.05) is 6.08 Å². The molecule has 0 saturated carbocycles. The average molecular weight is 812 g/mol. The van der Waals surface area contributed by atoms with Crippen LogP contribution in [-0.4, -0.2) is 87.5 Å². The molecule has 6 N–H and O–H groups in total. The molecule has 1 rings (SSSR count). The van der Waals surface area contributed by atoms with E-state index in [9.17, 15) is 30.3 Å². The first-order valence-corrected chi connectivity index (χ1v) is 24.4. The molecule has 338 valence electrons. The van der Waals surface area contributed by atoms with Crippen molar-refractivity contribution in [3.8, 4) is 0 Å². The second-order valence-electron chi connectivity index (χ2n) is 17.3. The highest BCUT2D eigenvalue weighted by molar-refractivity contribution is 5.76. The van der Waals surface area contributed by atoms with Gasteiger partial charge >= 0.3 is 0 Å². The number of aliphatic hydroxyl groups is 5. The molecule has 57 heavy (non-hydrogen) atoms. The van der Waals surface area contributed by atoms with Crippen molar-refractivity contribution in [1.82, 2.24) is 5.32 Å². The van der Waals surface area contributed by atoms with Gasteiger partial charge in [-0.3, -0.25) is 4.79 Å². The van der Waals surface area contributed by atoms with Crippen LogP contribution < -0.4 is 5.32 Å². The molecule has 0 aliphatic carbocycles. The molecule has 7 atom stereocenters. The summed E-state index contributed by atoms with van der Waals surface area (Å²) in [4.78, 5) is 13.0. The fourth-order valence-corrected chi connectivity index (χ4v) is 7.92. The van der Waals surface area contributed by atoms with Gasteiger partial charge in [-0.15, -0.1) is 0 Å². The zero-order valence-corrected chi connectivity index (χ0v) is 37.1. The maximum atomic E-state index is 13.0. The summed E-state index contributed by atoms with van der Waals surface area (Å²) in [5, 5.41) is 54.2. The van der Waals surface area contributed by atoms with Gasteiger partial charge in [-0.1, -0.05) is 219 Å². The van der Waals surface area contributed by atoms with E-state index in [1.54, 1.807) is 6.08 Å². The van der Waals surface area contributed by atoms with Gasteiger partial charge < -0.3 is 40.3 Å². The van der Waals surface area contributed by atoms with Crippen LogP contribution >= 0.6 is 0 Å². The molecule has 2 unspecified atom stereocenters. The number of hydrogen-bond acceptors (Lipinski definition) is 8. The van der Waals surface area contributed by atoms with Gasteiger partial charge in [-0.2, -0.15) is 0 Å². The van der Waals surface area contributed by atoms with Gasteiger partial charge in [0.2, 0.25) is 5.91 Å². The van der Waals surface area contributed by atoms with E-state index >= 15 is 0 Å². The van der Waals surface area contributed by atoms with Crippen molar-refractivity contribution in [2.45, 2.75) is 275 Å². The highest BCUT2D eigenvalue weighted by atomic mass is 16.7. The molecule has 1 fully saturated rings. The Kier molecular flexibility index (Phi) is 37.0. The first-order valence-electron chi connectivity index (χ1n) is 24.4. The summed E-state index contributed by atoms with van der Waals surface area (Å²) in [7, 11) is 0. The van der Waals surface area contributed by atoms with Gasteiger partial charge in [0.1, 0.15) is 24.4 Å². The fraction of sp³-hybridized carbons (Fsp3) is 0.938. The van der Waals surface area contributed by atoms with Gasteiger partial charge in [0.15, 0.2) is 6.29 Å². The Balaban J connectivity index is 2.31. The number of carbonyl (C=O) groups excluding carboxylic acids is 1. The molecule has 9 nitrogen and oxygen atoms in total. The van der Waals surface area contributed by atoms with E-state index in [4.69, 9.17) is 9.47 Å². The van der Waals surface area contributed by atoms with Crippen LogP contribution in [0.4, 0.5) is 0 Å². The number of rotatable bonds is 41. The number of amides is 1. The van der Waals surface area contributed by atoms with Gasteiger partial charge in [0, 0.05) is 6.42 Å². The molecule has 1 aliphatic rings. The van der Waals surface area contributed by atoms with Gasteiger partial charge in [0.25, 0.3) is 0 Å². The fourth-order valence-electron chi connectivity index (χ4n) is 7.92. The monoisotopic (exact) mass is 812 g/mol. The third kappa shape index (κ3) is 29.7. The lowest BCUT2D eigenvalue weighted by atomic mass is 9.99. The highest BCUT2D eigenvalue weighted by Crippen LogP contribution is 2.23. The number of hydrogen-bond donors (Lipinski definition) is 6. The van der Waals surface area contributed by atoms with Gasteiger partial charge in [-0.05, 0) is 19.3 Å². The Hall–Kier alpha value is -1.07. The zero-order chi connectivity index (χ0) is 41.6. The van der Waals surface area contributed by atoms with Crippen LogP contribution in [0.3, 0.4) is 0 Å². The molecule has 1 saturated heterocycles. The molecule has 0 spiro atoms. The standard InChI is InChI=1S/C48H93NO8/c1-3-5-7-9-11-13-15-17-19-20-21-22-24-26-28-30-32-34-36-38-44(52)49-41(40-56-48-47(55)46(54)45(53)43(39-50)57-48)42(51)37-35-33-31-29-27-25-23-18-16-14-12-10-8-6-4-2/h35,37,41-43,45-48,50-51,53-55H,3-34,36,38-40H2,1-2H3,(H,49,52)/b37-35+/t41-,42+,43+,45+,46?,47?,48+/m0/s1. The molecular weight excluding hydrogens is 719 g/mol. The first kappa shape index (κ1) is 53.9. The van der Waals surface area contributed by atoms with E-state index in [1.165, 1.54) is 173 Å². The minimum atomic E-state index is -1.56. The Morgan fingerprint density at radius 1 is 0.579 bits per heavy atom. The second-order valence-corrected chi connectivity index (χ2v) is 17.3. The number of unbranched alkanes of at least 4 members (excludes halogenated alkanes) is 31. The van der Waals surface area contributed by atoms with Crippen molar-refractivity contribution in [3.63, 3.8) is 0 Å². The van der Waals surface area contributed by atoms with Crippen LogP contribution in [0.2, 0.25) is 0 Å². The molecule has 1 heterocycles. The normalized spacial score (nSPS) is 21.0. The van der Waals surface area contributed by atoms with Crippen molar-refractivity contribution in [1.29, 1.82) is 0 Å². The van der Waals surface area contributed by atoms with Crippen LogP contribution in [0, 0.1) is 0 Å². The van der Waals surface area contributed by atoms with Crippen LogP contribution in [0.15, 0.2) is 12.2 Å². The first-order chi connectivity index (χ1) is 27.8. The summed E-state index contributed by atoms with van der Waals surface area (Å²) in [5.41, 5.74) is 0. The predicted octanol–water partition coefficient (Wildman–Crippen LogP) is 10.5. The third-order valence-electron chi connectivity index (χ3n) is 11.9. The maximum absolute atomic E-state index is 13.0. The van der Waals surface area contributed by atoms with Crippen molar-refractivity contribution in [3.05, 3.63) is 12.2 Å². The summed E-state index contributed by atoms with van der Waals surface area (Å²) < 4.78 is 11.2. The van der Waals surface area contributed by atoms with E-state index in [2.05, 4.69) is 19.2 Å². The highest BCUT2D eigenvalue weighted by Gasteiger charge is 2.44. The number of ether oxygens (including phenoxy) is 2. The van der Waals surface area contributed by atoms with Crippen molar-refractivity contribution in [2.75, 3.05) is 13.2 Å². The Morgan fingerprint density at radius 3 is 1.37 bits per heavy atom. The molecule has 0 aromatic carbocycles. The summed E-state index contributed by atoms with van der Waals surface area (Å²) in [5.74, 6) is -0.173. The van der Waals surface area contributed by atoms with Gasteiger partial charge in [-0.25, -0.2) is 0 Å².